The molecule has 34 heavy (non-hydrogen) atoms. The molecule has 1 aliphatic heterocycles. The number of unbranched alkanes of at least 4 members (excludes halogenated alkanes) is 2. The fraction of sp³-hybridized carbons (Fsp3) is 0.375. The Balaban J connectivity index is 1.34. The van der Waals surface area contributed by atoms with Crippen LogP contribution in [0.2, 0.25) is 0 Å². The Kier molecular flexibility index (Phi) is 8.54. The number of aromatic hydroxyl groups is 3. The summed E-state index contributed by atoms with van der Waals surface area (Å²) in [5.41, 5.74) is 0.736. The first kappa shape index (κ1) is 24.7. The van der Waals surface area contributed by atoms with Gasteiger partial charge in [0.25, 0.3) is 5.91 Å². The number of phenols is 1. The van der Waals surface area contributed by atoms with E-state index in [1.807, 2.05) is 6.07 Å². The van der Waals surface area contributed by atoms with Crippen molar-refractivity contribution in [2.24, 2.45) is 0 Å². The summed E-state index contributed by atoms with van der Waals surface area (Å²) in [5, 5.41) is 37.7. The Bertz CT molecular complexity index is 1040. The largest absolute Gasteiger partial charge is 0.508 e. The standard InChI is InChI=1S/C24H28N4O6/c25-17-19(16-18-5-7-20(29)8-6-18)24(33)27-14-12-26(13-15-27)11-3-1-2-4-23(32)34-28-21(30)9-10-22(28)31/h5-10,16,29-31H,1-4,11-15H2. The van der Waals surface area contributed by atoms with Crippen LogP contribution in [-0.2, 0) is 9.59 Å². The van der Waals surface area contributed by atoms with Crippen LogP contribution >= 0.6 is 0 Å². The van der Waals surface area contributed by atoms with Gasteiger partial charge in [-0.1, -0.05) is 18.6 Å². The summed E-state index contributed by atoms with van der Waals surface area (Å²) in [5.74, 6) is -1.41. The van der Waals surface area contributed by atoms with E-state index in [2.05, 4.69) is 4.90 Å². The Morgan fingerprint density at radius 1 is 0.941 bits per heavy atom. The lowest BCUT2D eigenvalue weighted by molar-refractivity contribution is -0.145. The Labute approximate surface area is 197 Å². The summed E-state index contributed by atoms with van der Waals surface area (Å²) >= 11 is 0. The van der Waals surface area contributed by atoms with Gasteiger partial charge in [-0.05, 0) is 43.2 Å². The molecule has 1 fully saturated rings. The average Bonchev–Trinajstić information content (AvgIpc) is 3.15. The second-order valence-electron chi connectivity index (χ2n) is 8.01. The lowest BCUT2D eigenvalue weighted by atomic mass is 10.1. The monoisotopic (exact) mass is 468 g/mol. The summed E-state index contributed by atoms with van der Waals surface area (Å²) < 4.78 is 0.681. The number of phenolic OH excluding ortho intramolecular Hbond substituents is 1. The minimum Gasteiger partial charge on any atom is -0.508 e. The van der Waals surface area contributed by atoms with Gasteiger partial charge < -0.3 is 25.1 Å². The lowest BCUT2D eigenvalue weighted by Gasteiger charge is -2.34. The number of piperazine rings is 1. The molecular weight excluding hydrogens is 440 g/mol. The van der Waals surface area contributed by atoms with Gasteiger partial charge in [-0.25, -0.2) is 4.79 Å². The zero-order chi connectivity index (χ0) is 24.5. The van der Waals surface area contributed by atoms with Crippen molar-refractivity contribution in [3.8, 4) is 23.6 Å². The van der Waals surface area contributed by atoms with Crippen molar-refractivity contribution >= 4 is 18.0 Å². The number of hydrogen-bond acceptors (Lipinski definition) is 8. The maximum atomic E-state index is 12.7. The summed E-state index contributed by atoms with van der Waals surface area (Å²) in [6.45, 7) is 3.31. The van der Waals surface area contributed by atoms with Crippen LogP contribution in [-0.4, -0.2) is 74.5 Å². The predicted octanol–water partition coefficient (Wildman–Crippen LogP) is 1.87. The molecule has 1 aromatic heterocycles. The van der Waals surface area contributed by atoms with Crippen molar-refractivity contribution in [2.75, 3.05) is 32.7 Å². The average molecular weight is 469 g/mol. The van der Waals surface area contributed by atoms with Crippen LogP contribution in [0.4, 0.5) is 0 Å². The lowest BCUT2D eigenvalue weighted by Crippen LogP contribution is -2.49. The maximum absolute atomic E-state index is 12.7. The normalized spacial score (nSPS) is 14.6. The van der Waals surface area contributed by atoms with Crippen LogP contribution in [0.3, 0.4) is 0 Å². The second-order valence-corrected chi connectivity index (χ2v) is 8.01. The topological polar surface area (TPSA) is 139 Å². The van der Waals surface area contributed by atoms with Crippen molar-refractivity contribution in [1.29, 1.82) is 5.26 Å². The van der Waals surface area contributed by atoms with Crippen LogP contribution in [0.5, 0.6) is 17.5 Å². The molecule has 0 atom stereocenters. The van der Waals surface area contributed by atoms with Crippen LogP contribution in [0.15, 0.2) is 42.0 Å². The minimum atomic E-state index is -0.539. The number of benzene rings is 1. The molecule has 0 spiro atoms. The number of carbonyl (C=O) groups excluding carboxylic acids is 2. The molecule has 2 aromatic rings. The van der Waals surface area contributed by atoms with Gasteiger partial charge in [0.1, 0.15) is 17.4 Å². The summed E-state index contributed by atoms with van der Waals surface area (Å²) in [6.07, 6.45) is 4.01. The van der Waals surface area contributed by atoms with Gasteiger partial charge >= 0.3 is 5.97 Å². The highest BCUT2D eigenvalue weighted by Gasteiger charge is 2.23. The van der Waals surface area contributed by atoms with Crippen molar-refractivity contribution < 1.29 is 29.7 Å². The van der Waals surface area contributed by atoms with E-state index < -0.39 is 5.97 Å². The zero-order valence-electron chi connectivity index (χ0n) is 18.8. The van der Waals surface area contributed by atoms with E-state index in [0.29, 0.717) is 42.9 Å². The first-order chi connectivity index (χ1) is 16.4. The molecule has 2 heterocycles. The first-order valence-corrected chi connectivity index (χ1v) is 11.1. The van der Waals surface area contributed by atoms with Crippen LogP contribution < -0.4 is 4.84 Å². The number of rotatable bonds is 9. The first-order valence-electron chi connectivity index (χ1n) is 11.1. The van der Waals surface area contributed by atoms with Crippen molar-refractivity contribution in [2.45, 2.75) is 25.7 Å². The molecule has 0 unspecified atom stereocenters. The predicted molar refractivity (Wildman–Crippen MR) is 123 cm³/mol. The molecule has 180 valence electrons. The van der Waals surface area contributed by atoms with E-state index in [1.165, 1.54) is 30.3 Å². The number of nitrogens with zero attached hydrogens (tertiary/aromatic N) is 4. The van der Waals surface area contributed by atoms with Gasteiger partial charge in [0, 0.05) is 44.7 Å². The second kappa shape index (κ2) is 11.8. The Morgan fingerprint density at radius 2 is 1.59 bits per heavy atom. The number of amides is 1. The van der Waals surface area contributed by atoms with Gasteiger partial charge in [-0.15, -0.1) is 4.73 Å². The molecule has 1 aromatic carbocycles. The molecule has 10 heteroatoms. The van der Waals surface area contributed by atoms with E-state index in [-0.39, 0.29) is 35.4 Å². The van der Waals surface area contributed by atoms with Crippen molar-refractivity contribution in [3.05, 3.63) is 47.5 Å². The van der Waals surface area contributed by atoms with E-state index in [1.54, 1.807) is 17.0 Å². The summed E-state index contributed by atoms with van der Waals surface area (Å²) in [7, 11) is 0. The van der Waals surface area contributed by atoms with Crippen LogP contribution in [0.1, 0.15) is 31.2 Å². The van der Waals surface area contributed by atoms with Gasteiger partial charge in [-0.2, -0.15) is 5.26 Å². The highest BCUT2D eigenvalue weighted by molar-refractivity contribution is 6.01. The maximum Gasteiger partial charge on any atom is 0.333 e. The molecule has 0 radical (unpaired) electrons. The summed E-state index contributed by atoms with van der Waals surface area (Å²) in [4.78, 5) is 33.4. The van der Waals surface area contributed by atoms with Crippen molar-refractivity contribution in [1.82, 2.24) is 14.5 Å². The quantitative estimate of drug-likeness (QED) is 0.288. The molecule has 0 aliphatic carbocycles. The molecule has 3 rings (SSSR count). The van der Waals surface area contributed by atoms with Crippen LogP contribution in [0, 0.1) is 11.3 Å². The Morgan fingerprint density at radius 3 is 2.21 bits per heavy atom. The van der Waals surface area contributed by atoms with Gasteiger partial charge in [0.2, 0.25) is 11.8 Å². The molecular formula is C24H28N4O6. The third-order valence-corrected chi connectivity index (χ3v) is 5.56. The van der Waals surface area contributed by atoms with E-state index in [0.717, 1.165) is 19.4 Å². The molecule has 3 N–H and O–H groups in total. The fourth-order valence-electron chi connectivity index (χ4n) is 3.65. The van der Waals surface area contributed by atoms with Crippen molar-refractivity contribution in [3.63, 3.8) is 0 Å². The highest BCUT2D eigenvalue weighted by Crippen LogP contribution is 2.19. The Hall–Kier alpha value is -3.97. The third kappa shape index (κ3) is 6.76. The summed E-state index contributed by atoms with van der Waals surface area (Å²) in [6, 6.07) is 10.7. The van der Waals surface area contributed by atoms with E-state index in [9.17, 15) is 30.2 Å². The molecule has 1 aliphatic rings. The third-order valence-electron chi connectivity index (χ3n) is 5.56. The SMILES string of the molecule is N#CC(=Cc1ccc(O)cc1)C(=O)N1CCN(CCCCCC(=O)On2c(O)ccc2O)CC1. The van der Waals surface area contributed by atoms with Crippen LogP contribution in [0.25, 0.3) is 6.08 Å². The fourth-order valence-corrected chi connectivity index (χ4v) is 3.65. The smallest absolute Gasteiger partial charge is 0.333 e. The molecule has 1 amide bonds. The highest BCUT2D eigenvalue weighted by atomic mass is 16.7. The number of aromatic nitrogens is 1. The molecule has 1 saturated heterocycles. The van der Waals surface area contributed by atoms with Gasteiger partial charge in [0.15, 0.2) is 0 Å². The minimum absolute atomic E-state index is 0.0626. The van der Waals surface area contributed by atoms with E-state index in [4.69, 9.17) is 4.84 Å². The molecule has 10 nitrogen and oxygen atoms in total. The van der Waals surface area contributed by atoms with Gasteiger partial charge in [-0.3, -0.25) is 9.69 Å². The number of nitriles is 1. The number of hydrogen-bond donors (Lipinski definition) is 3. The van der Waals surface area contributed by atoms with E-state index >= 15 is 0 Å². The number of carbonyl (C=O) groups is 2. The van der Waals surface area contributed by atoms with Gasteiger partial charge in [0.05, 0.1) is 0 Å². The molecule has 0 bridgehead atoms. The zero-order valence-corrected chi connectivity index (χ0v) is 18.8. The molecule has 0 saturated carbocycles.